The molecule has 2 heterocycles. The van der Waals surface area contributed by atoms with Crippen LogP contribution >= 0.6 is 22.7 Å². The Hall–Kier alpha value is -3.03. The number of benzene rings is 2. The minimum atomic E-state index is -0.594. The zero-order chi connectivity index (χ0) is 19.8. The first kappa shape index (κ1) is 18.3. The van der Waals surface area contributed by atoms with Crippen molar-refractivity contribution in [1.82, 2.24) is 0 Å². The van der Waals surface area contributed by atoms with Crippen molar-refractivity contribution in [2.45, 2.75) is 0 Å². The molecule has 0 spiro atoms. The zero-order valence-electron chi connectivity index (χ0n) is 15.0. The monoisotopic (exact) mass is 410 g/mol. The predicted octanol–water partition coefficient (Wildman–Crippen LogP) is 4.08. The number of hydrogen-bond donors (Lipinski definition) is 0. The van der Waals surface area contributed by atoms with Crippen molar-refractivity contribution >= 4 is 48.6 Å². The van der Waals surface area contributed by atoms with Crippen LogP contribution in [0.3, 0.4) is 0 Å². The summed E-state index contributed by atoms with van der Waals surface area (Å²) >= 11 is 1.92. The second kappa shape index (κ2) is 7.18. The molecule has 0 saturated heterocycles. The molecule has 0 fully saturated rings. The summed E-state index contributed by atoms with van der Waals surface area (Å²) in [6.45, 7) is 0. The SMILES string of the molecule is COc1cccc2sc(=O)c(C(=O)c3cc4c(OC)cccc4sc3=O)cc12. The first-order valence-corrected chi connectivity index (χ1v) is 9.93. The molecule has 0 saturated carbocycles. The highest BCUT2D eigenvalue weighted by Gasteiger charge is 2.20. The van der Waals surface area contributed by atoms with E-state index in [9.17, 15) is 14.4 Å². The number of carbonyl (C=O) groups excluding carboxylic acids is 1. The maximum absolute atomic E-state index is 13.1. The predicted molar refractivity (Wildman–Crippen MR) is 113 cm³/mol. The van der Waals surface area contributed by atoms with Crippen molar-refractivity contribution < 1.29 is 14.3 Å². The van der Waals surface area contributed by atoms with Gasteiger partial charge in [0.2, 0.25) is 15.3 Å². The van der Waals surface area contributed by atoms with E-state index >= 15 is 0 Å². The molecular weight excluding hydrogens is 396 g/mol. The Labute approximate surface area is 167 Å². The number of ether oxygens (including phenoxy) is 2. The van der Waals surface area contributed by atoms with E-state index in [1.807, 2.05) is 0 Å². The molecule has 0 aliphatic heterocycles. The van der Waals surface area contributed by atoms with Crippen LogP contribution in [0.25, 0.3) is 20.2 Å². The van der Waals surface area contributed by atoms with Gasteiger partial charge in [0.1, 0.15) is 11.5 Å². The van der Waals surface area contributed by atoms with Crippen LogP contribution in [-0.4, -0.2) is 20.0 Å². The minimum absolute atomic E-state index is 0.0412. The molecule has 0 aliphatic rings. The van der Waals surface area contributed by atoms with Crippen LogP contribution < -0.4 is 19.0 Å². The molecule has 0 unspecified atom stereocenters. The molecular formula is C21H14O5S2. The third-order valence-electron chi connectivity index (χ3n) is 4.40. The number of fused-ring (bicyclic) bond motifs is 2. The fourth-order valence-corrected chi connectivity index (χ4v) is 4.80. The summed E-state index contributed by atoms with van der Waals surface area (Å²) in [4.78, 5) is 38.3. The van der Waals surface area contributed by atoms with Crippen molar-refractivity contribution in [3.05, 3.63) is 78.7 Å². The summed E-state index contributed by atoms with van der Waals surface area (Å²) in [5.74, 6) is 0.532. The van der Waals surface area contributed by atoms with Gasteiger partial charge in [0.25, 0.3) is 0 Å². The van der Waals surface area contributed by atoms with Gasteiger partial charge in [0, 0.05) is 20.2 Å². The third kappa shape index (κ3) is 2.98. The van der Waals surface area contributed by atoms with Gasteiger partial charge in [0.05, 0.1) is 25.3 Å². The van der Waals surface area contributed by atoms with Gasteiger partial charge < -0.3 is 9.47 Å². The summed E-state index contributed by atoms with van der Waals surface area (Å²) in [5.41, 5.74) is -0.0823. The highest BCUT2D eigenvalue weighted by Crippen LogP contribution is 2.30. The van der Waals surface area contributed by atoms with E-state index in [1.54, 1.807) is 36.4 Å². The van der Waals surface area contributed by atoms with Crippen molar-refractivity contribution in [3.63, 3.8) is 0 Å². The van der Waals surface area contributed by atoms with Crippen LogP contribution in [-0.2, 0) is 0 Å². The lowest BCUT2D eigenvalue weighted by atomic mass is 10.1. The Bertz CT molecular complexity index is 1250. The molecule has 0 atom stereocenters. The van der Waals surface area contributed by atoms with Crippen molar-refractivity contribution in [1.29, 1.82) is 0 Å². The largest absolute Gasteiger partial charge is 0.496 e. The standard InChI is InChI=1S/C21H14O5S2/c1-25-15-5-3-7-17-11(15)9-13(20(23)27-17)19(22)14-10-12-16(26-2)6-4-8-18(12)28-21(14)24/h3-10H,1-2H3. The summed E-state index contributed by atoms with van der Waals surface area (Å²) in [6, 6.07) is 13.7. The first-order valence-electron chi connectivity index (χ1n) is 8.30. The zero-order valence-corrected chi connectivity index (χ0v) is 16.6. The molecule has 4 aromatic rings. The van der Waals surface area contributed by atoms with Crippen LogP contribution in [0, 0.1) is 0 Å². The highest BCUT2D eigenvalue weighted by molar-refractivity contribution is 7.17. The number of ketones is 1. The molecule has 0 aliphatic carbocycles. The maximum Gasteiger partial charge on any atom is 0.244 e. The Balaban J connectivity index is 1.95. The van der Waals surface area contributed by atoms with Crippen LogP contribution in [0.1, 0.15) is 15.9 Å². The van der Waals surface area contributed by atoms with E-state index < -0.39 is 15.3 Å². The van der Waals surface area contributed by atoms with Crippen LogP contribution in [0.5, 0.6) is 11.5 Å². The Morgan fingerprint density at radius 2 is 1.18 bits per heavy atom. The van der Waals surface area contributed by atoms with Gasteiger partial charge in [0.15, 0.2) is 0 Å². The lowest BCUT2D eigenvalue weighted by Crippen LogP contribution is -2.18. The second-order valence-corrected chi connectivity index (χ2v) is 8.00. The molecule has 28 heavy (non-hydrogen) atoms. The first-order chi connectivity index (χ1) is 13.5. The Kier molecular flexibility index (Phi) is 4.70. The van der Waals surface area contributed by atoms with Crippen LogP contribution in [0.15, 0.2) is 58.1 Å². The van der Waals surface area contributed by atoms with E-state index in [-0.39, 0.29) is 11.1 Å². The topological polar surface area (TPSA) is 69.7 Å². The lowest BCUT2D eigenvalue weighted by Gasteiger charge is -2.08. The van der Waals surface area contributed by atoms with Crippen LogP contribution in [0.4, 0.5) is 0 Å². The Morgan fingerprint density at radius 3 is 1.57 bits per heavy atom. The molecule has 4 rings (SSSR count). The summed E-state index contributed by atoms with van der Waals surface area (Å²) in [6.07, 6.45) is 0. The van der Waals surface area contributed by atoms with Crippen molar-refractivity contribution in [2.75, 3.05) is 14.2 Å². The molecule has 140 valence electrons. The molecule has 0 radical (unpaired) electrons. The summed E-state index contributed by atoms with van der Waals surface area (Å²) < 4.78 is 11.3. The third-order valence-corrected chi connectivity index (χ3v) is 6.37. The van der Waals surface area contributed by atoms with E-state index in [1.165, 1.54) is 26.4 Å². The van der Waals surface area contributed by atoms with Gasteiger partial charge in [-0.1, -0.05) is 34.8 Å². The van der Waals surface area contributed by atoms with Gasteiger partial charge in [-0.15, -0.1) is 0 Å². The maximum atomic E-state index is 13.1. The highest BCUT2D eigenvalue weighted by atomic mass is 32.1. The van der Waals surface area contributed by atoms with E-state index in [0.29, 0.717) is 31.7 Å². The fraction of sp³-hybridized carbons (Fsp3) is 0.0952. The van der Waals surface area contributed by atoms with Gasteiger partial charge >= 0.3 is 0 Å². The van der Waals surface area contributed by atoms with E-state index in [2.05, 4.69) is 0 Å². The molecule has 2 aromatic heterocycles. The molecule has 5 nitrogen and oxygen atoms in total. The Morgan fingerprint density at radius 1 is 0.750 bits per heavy atom. The average Bonchev–Trinajstić information content (AvgIpc) is 2.71. The molecule has 7 heteroatoms. The van der Waals surface area contributed by atoms with Gasteiger partial charge in [-0.05, 0) is 36.4 Å². The summed E-state index contributed by atoms with van der Waals surface area (Å²) in [7, 11) is 3.05. The quantitative estimate of drug-likeness (QED) is 0.474. The van der Waals surface area contributed by atoms with E-state index in [4.69, 9.17) is 9.47 Å². The van der Waals surface area contributed by atoms with Crippen molar-refractivity contribution in [2.24, 2.45) is 0 Å². The number of methoxy groups -OCH3 is 2. The molecule has 2 aromatic carbocycles. The lowest BCUT2D eigenvalue weighted by molar-refractivity contribution is 0.103. The molecule has 0 amide bonds. The van der Waals surface area contributed by atoms with Gasteiger partial charge in [-0.25, -0.2) is 0 Å². The smallest absolute Gasteiger partial charge is 0.244 e. The van der Waals surface area contributed by atoms with Crippen molar-refractivity contribution in [3.8, 4) is 11.5 Å². The van der Waals surface area contributed by atoms with Gasteiger partial charge in [-0.2, -0.15) is 0 Å². The average molecular weight is 410 g/mol. The van der Waals surface area contributed by atoms with Gasteiger partial charge in [-0.3, -0.25) is 14.4 Å². The number of hydrogen-bond acceptors (Lipinski definition) is 7. The van der Waals surface area contributed by atoms with E-state index in [0.717, 1.165) is 22.7 Å². The number of carbonyl (C=O) groups is 1. The van der Waals surface area contributed by atoms with Crippen LogP contribution in [0.2, 0.25) is 0 Å². The normalized spacial score (nSPS) is 10.9. The number of rotatable bonds is 4. The summed E-state index contributed by atoms with van der Waals surface area (Å²) in [5, 5.41) is 1.32. The second-order valence-electron chi connectivity index (χ2n) is 5.97. The molecule has 0 N–H and O–H groups in total. The molecule has 0 bridgehead atoms. The minimum Gasteiger partial charge on any atom is -0.496 e. The fourth-order valence-electron chi connectivity index (χ4n) is 3.04.